The molecule has 0 radical (unpaired) electrons. The average molecular weight is 458 g/mol. The van der Waals surface area contributed by atoms with Crippen LogP contribution in [-0.4, -0.2) is 31.0 Å². The molecule has 1 unspecified atom stereocenters. The van der Waals surface area contributed by atoms with E-state index in [-0.39, 0.29) is 0 Å². The average Bonchev–Trinajstić information content (AvgIpc) is 3.11. The monoisotopic (exact) mass is 455 g/mol. The third-order valence-electron chi connectivity index (χ3n) is 2.88. The molecule has 0 heterocycles. The fourth-order valence-corrected chi connectivity index (χ4v) is 4.18. The second kappa shape index (κ2) is 7.41. The molecule has 1 aliphatic rings. The van der Waals surface area contributed by atoms with E-state index in [0.717, 1.165) is 31.6 Å². The maximum absolute atomic E-state index is 9.85. The summed E-state index contributed by atoms with van der Waals surface area (Å²) in [6.07, 6.45) is 2.04. The third-order valence-corrected chi connectivity index (χ3v) is 4.59. The largest absolute Gasteiger partial charge is 0.389 e. The van der Waals surface area contributed by atoms with Gasteiger partial charge in [-0.25, -0.2) is 0 Å². The fourth-order valence-electron chi connectivity index (χ4n) is 1.65. The van der Waals surface area contributed by atoms with E-state index in [9.17, 15) is 5.11 Å². The van der Waals surface area contributed by atoms with Gasteiger partial charge >= 0.3 is 0 Å². The zero-order valence-electron chi connectivity index (χ0n) is 10.3. The second-order valence-electron chi connectivity index (χ2n) is 4.76. The number of anilines is 1. The second-order valence-corrected chi connectivity index (χ2v) is 7.38. The summed E-state index contributed by atoms with van der Waals surface area (Å²) in [4.78, 5) is 0. The van der Waals surface area contributed by atoms with E-state index in [2.05, 4.69) is 53.1 Å². The summed E-state index contributed by atoms with van der Waals surface area (Å²) < 4.78 is 8.35. The normalized spacial score (nSPS) is 16.4. The van der Waals surface area contributed by atoms with Crippen LogP contribution in [0.1, 0.15) is 12.8 Å². The summed E-state index contributed by atoms with van der Waals surface area (Å²) in [5, 5.41) is 13.1. The lowest BCUT2D eigenvalue weighted by molar-refractivity contribution is 0.0386. The van der Waals surface area contributed by atoms with Crippen LogP contribution < -0.4 is 5.32 Å². The van der Waals surface area contributed by atoms with Gasteiger partial charge in [0.2, 0.25) is 0 Å². The quantitative estimate of drug-likeness (QED) is 0.645. The maximum Gasteiger partial charge on any atom is 0.0945 e. The number of aliphatic hydroxyl groups is 1. The van der Waals surface area contributed by atoms with E-state index in [4.69, 9.17) is 4.74 Å². The van der Waals surface area contributed by atoms with Crippen LogP contribution in [0.3, 0.4) is 0 Å². The van der Waals surface area contributed by atoms with Crippen molar-refractivity contribution in [3.8, 4) is 0 Å². The third kappa shape index (κ3) is 5.34. The van der Waals surface area contributed by atoms with Gasteiger partial charge in [0, 0.05) is 26.6 Å². The van der Waals surface area contributed by atoms with Gasteiger partial charge in [-0.15, -0.1) is 0 Å². The van der Waals surface area contributed by atoms with Crippen LogP contribution in [0.4, 0.5) is 5.69 Å². The minimum Gasteiger partial charge on any atom is -0.389 e. The maximum atomic E-state index is 9.85. The molecule has 106 valence electrons. The van der Waals surface area contributed by atoms with Gasteiger partial charge in [-0.1, -0.05) is 15.9 Å². The van der Waals surface area contributed by atoms with Crippen molar-refractivity contribution in [3.63, 3.8) is 0 Å². The van der Waals surface area contributed by atoms with Gasteiger partial charge in [0.05, 0.1) is 18.4 Å². The van der Waals surface area contributed by atoms with Gasteiger partial charge in [-0.2, -0.15) is 0 Å². The predicted molar refractivity (Wildman–Crippen MR) is 87.6 cm³/mol. The highest BCUT2D eigenvalue weighted by Crippen LogP contribution is 2.34. The molecular formula is C13H16Br3NO2. The highest BCUT2D eigenvalue weighted by atomic mass is 79.9. The molecule has 2 N–H and O–H groups in total. The summed E-state index contributed by atoms with van der Waals surface area (Å²) in [5.74, 6) is 0.731. The van der Waals surface area contributed by atoms with Crippen LogP contribution in [0.2, 0.25) is 0 Å². The highest BCUT2D eigenvalue weighted by molar-refractivity contribution is 9.11. The number of hydrogen-bond acceptors (Lipinski definition) is 3. The van der Waals surface area contributed by atoms with E-state index < -0.39 is 6.10 Å². The molecule has 0 spiro atoms. The topological polar surface area (TPSA) is 41.5 Å². The smallest absolute Gasteiger partial charge is 0.0945 e. The standard InChI is InChI=1S/C13H16Br3NO2/c14-9-3-11(15)13(12(16)4-9)17-5-10(18)7-19-6-8-1-2-8/h3-4,8,10,17-18H,1-2,5-7H2. The molecule has 0 amide bonds. The zero-order chi connectivity index (χ0) is 13.8. The van der Waals surface area contributed by atoms with Crippen molar-refractivity contribution in [1.82, 2.24) is 0 Å². The van der Waals surface area contributed by atoms with Crippen molar-refractivity contribution in [2.75, 3.05) is 25.1 Å². The van der Waals surface area contributed by atoms with E-state index >= 15 is 0 Å². The summed E-state index contributed by atoms with van der Waals surface area (Å²) in [5.41, 5.74) is 0.935. The molecule has 0 aliphatic heterocycles. The number of benzene rings is 1. The molecule has 0 bridgehead atoms. The van der Waals surface area contributed by atoms with Crippen molar-refractivity contribution < 1.29 is 9.84 Å². The molecule has 1 fully saturated rings. The Labute approximate surface area is 138 Å². The first-order valence-electron chi connectivity index (χ1n) is 6.20. The number of hydrogen-bond donors (Lipinski definition) is 2. The molecule has 0 saturated heterocycles. The summed E-state index contributed by atoms with van der Waals surface area (Å²) in [6, 6.07) is 3.92. The Morgan fingerprint density at radius 2 is 1.89 bits per heavy atom. The van der Waals surface area contributed by atoms with Crippen molar-refractivity contribution >= 4 is 53.5 Å². The predicted octanol–water partition coefficient (Wildman–Crippen LogP) is 4.17. The lowest BCUT2D eigenvalue weighted by Crippen LogP contribution is -2.25. The minimum absolute atomic E-state index is 0.384. The van der Waals surface area contributed by atoms with Gasteiger partial charge < -0.3 is 15.2 Å². The van der Waals surface area contributed by atoms with Crippen LogP contribution in [0.5, 0.6) is 0 Å². The first kappa shape index (κ1) is 15.8. The van der Waals surface area contributed by atoms with Gasteiger partial charge in [0.25, 0.3) is 0 Å². The first-order valence-corrected chi connectivity index (χ1v) is 8.58. The van der Waals surface area contributed by atoms with E-state index in [1.165, 1.54) is 12.8 Å². The van der Waals surface area contributed by atoms with E-state index in [1.54, 1.807) is 0 Å². The van der Waals surface area contributed by atoms with Crippen LogP contribution in [0.15, 0.2) is 25.6 Å². The van der Waals surface area contributed by atoms with Crippen molar-refractivity contribution in [2.24, 2.45) is 5.92 Å². The molecule has 3 nitrogen and oxygen atoms in total. The van der Waals surface area contributed by atoms with Crippen molar-refractivity contribution in [1.29, 1.82) is 0 Å². The van der Waals surface area contributed by atoms with E-state index in [1.807, 2.05) is 12.1 Å². The Balaban J connectivity index is 1.77. The molecule has 1 aromatic carbocycles. The molecule has 1 atom stereocenters. The highest BCUT2D eigenvalue weighted by Gasteiger charge is 2.21. The summed E-state index contributed by atoms with van der Waals surface area (Å²) >= 11 is 10.4. The molecule has 1 aliphatic carbocycles. The Kier molecular flexibility index (Phi) is 6.14. The van der Waals surface area contributed by atoms with Crippen molar-refractivity contribution in [3.05, 3.63) is 25.6 Å². The molecular weight excluding hydrogens is 442 g/mol. The molecule has 2 rings (SSSR count). The Morgan fingerprint density at radius 1 is 1.26 bits per heavy atom. The Hall–Kier alpha value is 0.380. The Morgan fingerprint density at radius 3 is 2.47 bits per heavy atom. The van der Waals surface area contributed by atoms with Gasteiger partial charge in [-0.05, 0) is 62.8 Å². The number of halogens is 3. The first-order chi connectivity index (χ1) is 9.06. The van der Waals surface area contributed by atoms with Gasteiger partial charge in [0.15, 0.2) is 0 Å². The van der Waals surface area contributed by atoms with Crippen LogP contribution in [0.25, 0.3) is 0 Å². The van der Waals surface area contributed by atoms with Crippen molar-refractivity contribution in [2.45, 2.75) is 18.9 Å². The molecule has 19 heavy (non-hydrogen) atoms. The summed E-state index contributed by atoms with van der Waals surface area (Å²) in [6.45, 7) is 1.63. The van der Waals surface area contributed by atoms with Gasteiger partial charge in [0.1, 0.15) is 0 Å². The van der Waals surface area contributed by atoms with Crippen LogP contribution >= 0.6 is 47.8 Å². The lowest BCUT2D eigenvalue weighted by Gasteiger charge is -2.15. The molecule has 1 saturated carbocycles. The molecule has 6 heteroatoms. The molecule has 1 aromatic rings. The van der Waals surface area contributed by atoms with Crippen LogP contribution in [-0.2, 0) is 4.74 Å². The minimum atomic E-state index is -0.499. The fraction of sp³-hybridized carbons (Fsp3) is 0.538. The summed E-state index contributed by atoms with van der Waals surface area (Å²) in [7, 11) is 0. The zero-order valence-corrected chi connectivity index (χ0v) is 15.1. The van der Waals surface area contributed by atoms with Crippen LogP contribution in [0, 0.1) is 5.92 Å². The lowest BCUT2D eigenvalue weighted by atomic mass is 10.3. The van der Waals surface area contributed by atoms with Gasteiger partial charge in [-0.3, -0.25) is 0 Å². The number of nitrogens with one attached hydrogen (secondary N) is 1. The molecule has 0 aromatic heterocycles. The number of rotatable bonds is 7. The number of aliphatic hydroxyl groups excluding tert-OH is 1. The van der Waals surface area contributed by atoms with E-state index in [0.29, 0.717) is 13.2 Å². The Bertz CT molecular complexity index is 415. The SMILES string of the molecule is OC(CNc1c(Br)cc(Br)cc1Br)COCC1CC1. The number of ether oxygens (including phenoxy) is 1.